The number of aryl methyl sites for hydroxylation is 2. The first-order valence-corrected chi connectivity index (χ1v) is 6.17. The average molecular weight is 233 g/mol. The second-order valence-electron chi connectivity index (χ2n) is 4.65. The maximum Gasteiger partial charge on any atom is 0.0349 e. The first-order valence-electron chi connectivity index (χ1n) is 6.17. The van der Waals surface area contributed by atoms with Gasteiger partial charge in [0.05, 0.1) is 0 Å². The molecule has 0 saturated heterocycles. The van der Waals surface area contributed by atoms with E-state index in [0.29, 0.717) is 0 Å². The van der Waals surface area contributed by atoms with Crippen LogP contribution in [-0.4, -0.2) is 4.98 Å². The zero-order valence-corrected chi connectivity index (χ0v) is 10.6. The summed E-state index contributed by atoms with van der Waals surface area (Å²) in [4.78, 5) is 4.22. The second-order valence-corrected chi connectivity index (χ2v) is 4.65. The first kappa shape index (κ1) is 11.0. The molecule has 3 aromatic rings. The number of hydrogen-bond donors (Lipinski definition) is 0. The van der Waals surface area contributed by atoms with Crippen molar-refractivity contribution in [1.82, 2.24) is 4.98 Å². The largest absolute Gasteiger partial charge is 0.264 e. The first-order chi connectivity index (χ1) is 8.77. The van der Waals surface area contributed by atoms with Crippen LogP contribution >= 0.6 is 0 Å². The van der Waals surface area contributed by atoms with E-state index in [9.17, 15) is 0 Å². The summed E-state index contributed by atoms with van der Waals surface area (Å²) in [5, 5.41) is 2.54. The lowest BCUT2D eigenvalue weighted by atomic mass is 9.93. The van der Waals surface area contributed by atoms with E-state index in [2.05, 4.69) is 61.3 Å². The van der Waals surface area contributed by atoms with E-state index in [1.54, 1.807) is 0 Å². The van der Waals surface area contributed by atoms with Crippen molar-refractivity contribution in [2.45, 2.75) is 13.8 Å². The van der Waals surface area contributed by atoms with E-state index in [4.69, 9.17) is 0 Å². The number of rotatable bonds is 1. The smallest absolute Gasteiger partial charge is 0.0349 e. The molecule has 0 aliphatic rings. The fourth-order valence-corrected chi connectivity index (χ4v) is 2.50. The minimum atomic E-state index is 1.25. The standard InChI is InChI=1S/C17H15N/c1-12-10-16(14-6-4-3-5-7-14)13(2)15-8-9-18-11-17(12)15/h3-11H,1-2H3. The molecule has 1 heteroatoms. The van der Waals surface area contributed by atoms with Crippen molar-refractivity contribution in [3.05, 3.63) is 66.0 Å². The third-order valence-corrected chi connectivity index (χ3v) is 3.50. The van der Waals surface area contributed by atoms with Gasteiger partial charge in [0.25, 0.3) is 0 Å². The molecule has 0 N–H and O–H groups in total. The highest BCUT2D eigenvalue weighted by atomic mass is 14.6. The van der Waals surface area contributed by atoms with Crippen molar-refractivity contribution in [3.8, 4) is 11.1 Å². The zero-order valence-electron chi connectivity index (χ0n) is 10.6. The predicted molar refractivity (Wildman–Crippen MR) is 76.7 cm³/mol. The molecule has 0 aliphatic heterocycles. The molecule has 0 bridgehead atoms. The fraction of sp³-hybridized carbons (Fsp3) is 0.118. The van der Waals surface area contributed by atoms with Gasteiger partial charge in [-0.15, -0.1) is 0 Å². The molecule has 1 heterocycles. The van der Waals surface area contributed by atoms with E-state index < -0.39 is 0 Å². The average Bonchev–Trinajstić information content (AvgIpc) is 2.44. The summed E-state index contributed by atoms with van der Waals surface area (Å²) >= 11 is 0. The normalized spacial score (nSPS) is 10.8. The molecule has 88 valence electrons. The molecule has 0 spiro atoms. The van der Waals surface area contributed by atoms with Gasteiger partial charge in [0, 0.05) is 17.8 Å². The lowest BCUT2D eigenvalue weighted by molar-refractivity contribution is 1.34. The lowest BCUT2D eigenvalue weighted by Crippen LogP contribution is -1.89. The van der Waals surface area contributed by atoms with Crippen LogP contribution < -0.4 is 0 Å². The molecule has 1 aromatic heterocycles. The third kappa shape index (κ3) is 1.68. The zero-order chi connectivity index (χ0) is 12.5. The van der Waals surface area contributed by atoms with Crippen LogP contribution in [0.5, 0.6) is 0 Å². The number of benzene rings is 2. The van der Waals surface area contributed by atoms with E-state index in [1.165, 1.54) is 33.0 Å². The van der Waals surface area contributed by atoms with Crippen LogP contribution in [-0.2, 0) is 0 Å². The predicted octanol–water partition coefficient (Wildman–Crippen LogP) is 4.52. The van der Waals surface area contributed by atoms with Gasteiger partial charge in [-0.3, -0.25) is 4.98 Å². The summed E-state index contributed by atoms with van der Waals surface area (Å²) < 4.78 is 0. The molecule has 0 fully saturated rings. The van der Waals surface area contributed by atoms with Gasteiger partial charge >= 0.3 is 0 Å². The molecule has 0 unspecified atom stereocenters. The molecule has 2 aromatic carbocycles. The monoisotopic (exact) mass is 233 g/mol. The topological polar surface area (TPSA) is 12.9 Å². The van der Waals surface area contributed by atoms with Crippen LogP contribution in [0, 0.1) is 13.8 Å². The van der Waals surface area contributed by atoms with E-state index in [0.717, 1.165) is 0 Å². The Balaban J connectivity index is 2.35. The van der Waals surface area contributed by atoms with Gasteiger partial charge in [-0.05, 0) is 47.6 Å². The van der Waals surface area contributed by atoms with Crippen LogP contribution in [0.25, 0.3) is 21.9 Å². The Morgan fingerprint density at radius 3 is 2.44 bits per heavy atom. The van der Waals surface area contributed by atoms with Gasteiger partial charge in [-0.25, -0.2) is 0 Å². The van der Waals surface area contributed by atoms with Crippen molar-refractivity contribution < 1.29 is 0 Å². The van der Waals surface area contributed by atoms with Crippen LogP contribution in [0.3, 0.4) is 0 Å². The van der Waals surface area contributed by atoms with Gasteiger partial charge in [0.15, 0.2) is 0 Å². The number of hydrogen-bond acceptors (Lipinski definition) is 1. The Labute approximate surface area is 107 Å². The summed E-state index contributed by atoms with van der Waals surface area (Å²) in [5.41, 5.74) is 5.19. The highest BCUT2D eigenvalue weighted by Crippen LogP contribution is 2.31. The Morgan fingerprint density at radius 2 is 1.67 bits per heavy atom. The molecule has 0 radical (unpaired) electrons. The van der Waals surface area contributed by atoms with Crippen LogP contribution in [0.2, 0.25) is 0 Å². The maximum absolute atomic E-state index is 4.22. The SMILES string of the molecule is Cc1cc(-c2ccccc2)c(C)c2ccncc12. The molecule has 0 atom stereocenters. The molecule has 0 aliphatic carbocycles. The quantitative estimate of drug-likeness (QED) is 0.602. The van der Waals surface area contributed by atoms with Gasteiger partial charge in [-0.2, -0.15) is 0 Å². The Bertz CT molecular complexity index is 699. The van der Waals surface area contributed by atoms with Crippen LogP contribution in [0.15, 0.2) is 54.9 Å². The second kappa shape index (κ2) is 4.26. The molecule has 18 heavy (non-hydrogen) atoms. The van der Waals surface area contributed by atoms with Crippen molar-refractivity contribution >= 4 is 10.8 Å². The van der Waals surface area contributed by atoms with Crippen molar-refractivity contribution in [2.75, 3.05) is 0 Å². The number of aromatic nitrogens is 1. The van der Waals surface area contributed by atoms with E-state index in [-0.39, 0.29) is 0 Å². The summed E-state index contributed by atoms with van der Waals surface area (Å²) in [6.07, 6.45) is 3.82. The van der Waals surface area contributed by atoms with Crippen LogP contribution in [0.4, 0.5) is 0 Å². The highest BCUT2D eigenvalue weighted by molar-refractivity contribution is 5.93. The highest BCUT2D eigenvalue weighted by Gasteiger charge is 2.08. The summed E-state index contributed by atoms with van der Waals surface area (Å²) in [6, 6.07) is 14.9. The molecule has 1 nitrogen and oxygen atoms in total. The Kier molecular flexibility index (Phi) is 2.60. The summed E-state index contributed by atoms with van der Waals surface area (Å²) in [6.45, 7) is 4.33. The van der Waals surface area contributed by atoms with E-state index >= 15 is 0 Å². The van der Waals surface area contributed by atoms with Gasteiger partial charge < -0.3 is 0 Å². The minimum absolute atomic E-state index is 1.25. The lowest BCUT2D eigenvalue weighted by Gasteiger charge is -2.12. The maximum atomic E-state index is 4.22. The van der Waals surface area contributed by atoms with E-state index in [1.807, 2.05) is 12.4 Å². The van der Waals surface area contributed by atoms with Crippen LogP contribution in [0.1, 0.15) is 11.1 Å². The summed E-state index contributed by atoms with van der Waals surface area (Å²) in [7, 11) is 0. The molecular formula is C17H15N. The van der Waals surface area contributed by atoms with Crippen molar-refractivity contribution in [1.29, 1.82) is 0 Å². The summed E-state index contributed by atoms with van der Waals surface area (Å²) in [5.74, 6) is 0. The minimum Gasteiger partial charge on any atom is -0.264 e. The molecule has 3 rings (SSSR count). The van der Waals surface area contributed by atoms with Crippen molar-refractivity contribution in [3.63, 3.8) is 0 Å². The number of fused-ring (bicyclic) bond motifs is 1. The number of pyridine rings is 1. The van der Waals surface area contributed by atoms with Crippen molar-refractivity contribution in [2.24, 2.45) is 0 Å². The molecule has 0 saturated carbocycles. The van der Waals surface area contributed by atoms with Gasteiger partial charge in [-0.1, -0.05) is 36.4 Å². The van der Waals surface area contributed by atoms with Gasteiger partial charge in [0.1, 0.15) is 0 Å². The third-order valence-electron chi connectivity index (χ3n) is 3.50. The molecule has 0 amide bonds. The van der Waals surface area contributed by atoms with Gasteiger partial charge in [0.2, 0.25) is 0 Å². The Morgan fingerprint density at radius 1 is 0.889 bits per heavy atom. The number of nitrogens with zero attached hydrogens (tertiary/aromatic N) is 1. The Hall–Kier alpha value is -2.15. The fourth-order valence-electron chi connectivity index (χ4n) is 2.50. The molecular weight excluding hydrogens is 218 g/mol.